The Balaban J connectivity index is 1.82. The van der Waals surface area contributed by atoms with E-state index in [1.165, 1.54) is 6.07 Å². The maximum Gasteiger partial charge on any atom is 0.393 e. The van der Waals surface area contributed by atoms with Crippen LogP contribution in [0.25, 0.3) is 0 Å². The minimum Gasteiger partial charge on any atom is -0.491 e. The van der Waals surface area contributed by atoms with E-state index >= 15 is 0 Å². The third-order valence-corrected chi connectivity index (χ3v) is 4.31. The van der Waals surface area contributed by atoms with Crippen LogP contribution in [0.15, 0.2) is 18.2 Å². The first-order valence-electron chi connectivity index (χ1n) is 7.71. The van der Waals surface area contributed by atoms with Gasteiger partial charge in [0, 0.05) is 6.04 Å². The Morgan fingerprint density at radius 3 is 2.67 bits per heavy atom. The molecule has 0 aliphatic heterocycles. The molecule has 8 heteroatoms. The average Bonchev–Trinajstić information content (AvgIpc) is 2.49. The summed E-state index contributed by atoms with van der Waals surface area (Å²) in [5.74, 6) is -2.30. The lowest BCUT2D eigenvalue weighted by molar-refractivity contribution is -0.189. The molecule has 2 rings (SSSR count). The molecule has 0 radical (unpaired) electrons. The van der Waals surface area contributed by atoms with E-state index in [2.05, 4.69) is 5.32 Å². The van der Waals surface area contributed by atoms with E-state index in [-0.39, 0.29) is 30.2 Å². The summed E-state index contributed by atoms with van der Waals surface area (Å²) in [6.07, 6.45) is -2.87. The number of alkyl halides is 3. The highest BCUT2D eigenvalue weighted by molar-refractivity contribution is 6.32. The third kappa shape index (κ3) is 5.26. The van der Waals surface area contributed by atoms with Gasteiger partial charge in [-0.25, -0.2) is 4.39 Å². The number of halogens is 5. The Morgan fingerprint density at radius 2 is 2.00 bits per heavy atom. The summed E-state index contributed by atoms with van der Waals surface area (Å²) in [6, 6.07) is 2.68. The van der Waals surface area contributed by atoms with E-state index in [0.717, 1.165) is 12.1 Å². The summed E-state index contributed by atoms with van der Waals surface area (Å²) in [5.41, 5.74) is 0. The lowest BCUT2D eigenvalue weighted by Crippen LogP contribution is -2.47. The van der Waals surface area contributed by atoms with Crippen LogP contribution >= 0.6 is 11.6 Å². The van der Waals surface area contributed by atoms with Gasteiger partial charge in [-0.3, -0.25) is 4.79 Å². The quantitative estimate of drug-likeness (QED) is 0.779. The standard InChI is InChI=1S/C16H18ClF4NO2/c17-12-9-10(18)5-6-14(12)24-8-7-15(23)22-13-4-2-1-3-11(13)16(19,20)21/h5-6,9,11,13H,1-4,7-8H2,(H,22,23). The molecular formula is C16H18ClF4NO2. The first-order valence-corrected chi connectivity index (χ1v) is 8.09. The van der Waals surface area contributed by atoms with Crippen molar-refractivity contribution in [2.45, 2.75) is 44.3 Å². The zero-order chi connectivity index (χ0) is 17.7. The van der Waals surface area contributed by atoms with Gasteiger partial charge in [-0.15, -0.1) is 0 Å². The van der Waals surface area contributed by atoms with Gasteiger partial charge in [0.15, 0.2) is 0 Å². The molecule has 1 N–H and O–H groups in total. The van der Waals surface area contributed by atoms with E-state index in [9.17, 15) is 22.4 Å². The highest BCUT2D eigenvalue weighted by Gasteiger charge is 2.45. The summed E-state index contributed by atoms with van der Waals surface area (Å²) in [7, 11) is 0. The average molecular weight is 368 g/mol. The van der Waals surface area contributed by atoms with Gasteiger partial charge in [0.2, 0.25) is 5.91 Å². The van der Waals surface area contributed by atoms with Crippen LogP contribution < -0.4 is 10.1 Å². The molecule has 1 aromatic carbocycles. The van der Waals surface area contributed by atoms with Crippen LogP contribution in [0.5, 0.6) is 5.75 Å². The van der Waals surface area contributed by atoms with Crippen molar-refractivity contribution < 1.29 is 27.1 Å². The van der Waals surface area contributed by atoms with E-state index in [0.29, 0.717) is 19.3 Å². The van der Waals surface area contributed by atoms with Crippen LogP contribution in [-0.2, 0) is 4.79 Å². The minimum atomic E-state index is -4.31. The second-order valence-corrected chi connectivity index (χ2v) is 6.19. The molecule has 1 aliphatic carbocycles. The molecule has 1 aromatic rings. The SMILES string of the molecule is O=C(CCOc1ccc(F)cc1Cl)NC1CCCCC1C(F)(F)F. The van der Waals surface area contributed by atoms with E-state index < -0.39 is 29.9 Å². The maximum atomic E-state index is 13.0. The number of ether oxygens (including phenoxy) is 1. The monoisotopic (exact) mass is 367 g/mol. The molecule has 24 heavy (non-hydrogen) atoms. The Hall–Kier alpha value is -1.50. The van der Waals surface area contributed by atoms with Crippen LogP contribution in [0.3, 0.4) is 0 Å². The van der Waals surface area contributed by atoms with Crippen molar-refractivity contribution in [3.05, 3.63) is 29.0 Å². The molecular weight excluding hydrogens is 350 g/mol. The lowest BCUT2D eigenvalue weighted by atomic mass is 9.84. The predicted octanol–water partition coefficient (Wildman–Crippen LogP) is 4.49. The van der Waals surface area contributed by atoms with Crippen molar-refractivity contribution in [2.24, 2.45) is 5.92 Å². The van der Waals surface area contributed by atoms with Gasteiger partial charge in [-0.1, -0.05) is 24.4 Å². The summed E-state index contributed by atoms with van der Waals surface area (Å²) >= 11 is 5.78. The topological polar surface area (TPSA) is 38.3 Å². The molecule has 1 aliphatic rings. The molecule has 1 saturated carbocycles. The molecule has 0 aromatic heterocycles. The number of rotatable bonds is 5. The molecule has 2 unspecified atom stereocenters. The number of nitrogens with one attached hydrogen (secondary N) is 1. The Morgan fingerprint density at radius 1 is 1.29 bits per heavy atom. The molecule has 0 saturated heterocycles. The first kappa shape index (κ1) is 18.8. The first-order chi connectivity index (χ1) is 11.3. The molecule has 0 heterocycles. The summed E-state index contributed by atoms with van der Waals surface area (Å²) in [6.45, 7) is -0.0550. The van der Waals surface area contributed by atoms with Crippen molar-refractivity contribution in [1.82, 2.24) is 5.32 Å². The predicted molar refractivity (Wildman–Crippen MR) is 81.5 cm³/mol. The van der Waals surface area contributed by atoms with Crippen LogP contribution in [0.2, 0.25) is 5.02 Å². The number of hydrogen-bond donors (Lipinski definition) is 1. The Kier molecular flexibility index (Phi) is 6.32. The van der Waals surface area contributed by atoms with Crippen molar-refractivity contribution in [2.75, 3.05) is 6.61 Å². The smallest absolute Gasteiger partial charge is 0.393 e. The van der Waals surface area contributed by atoms with Gasteiger partial charge in [-0.2, -0.15) is 13.2 Å². The van der Waals surface area contributed by atoms with Gasteiger partial charge < -0.3 is 10.1 Å². The van der Waals surface area contributed by atoms with E-state index in [1.54, 1.807) is 0 Å². The fraction of sp³-hybridized carbons (Fsp3) is 0.562. The summed E-state index contributed by atoms with van der Waals surface area (Å²) < 4.78 is 57.1. The fourth-order valence-corrected chi connectivity index (χ4v) is 3.04. The zero-order valence-corrected chi connectivity index (χ0v) is 13.6. The van der Waals surface area contributed by atoms with Crippen molar-refractivity contribution in [3.8, 4) is 5.75 Å². The fourth-order valence-electron chi connectivity index (χ4n) is 2.82. The molecule has 1 amide bonds. The zero-order valence-electron chi connectivity index (χ0n) is 12.8. The van der Waals surface area contributed by atoms with Gasteiger partial charge in [0.05, 0.1) is 24.0 Å². The lowest BCUT2D eigenvalue weighted by Gasteiger charge is -2.33. The highest BCUT2D eigenvalue weighted by Crippen LogP contribution is 2.37. The van der Waals surface area contributed by atoms with Gasteiger partial charge in [0.25, 0.3) is 0 Å². The normalized spacial score (nSPS) is 21.4. The molecule has 2 atom stereocenters. The van der Waals surface area contributed by atoms with Crippen LogP contribution in [0.4, 0.5) is 17.6 Å². The van der Waals surface area contributed by atoms with Gasteiger partial charge >= 0.3 is 6.18 Å². The summed E-state index contributed by atoms with van der Waals surface area (Å²) in [5, 5.41) is 2.52. The van der Waals surface area contributed by atoms with Crippen molar-refractivity contribution in [3.63, 3.8) is 0 Å². The summed E-state index contributed by atoms with van der Waals surface area (Å²) in [4.78, 5) is 11.9. The maximum absolute atomic E-state index is 13.0. The second kappa shape index (κ2) is 8.05. The van der Waals surface area contributed by atoms with Crippen LogP contribution in [-0.4, -0.2) is 24.7 Å². The van der Waals surface area contributed by atoms with Crippen LogP contribution in [0.1, 0.15) is 32.1 Å². The molecule has 0 spiro atoms. The molecule has 0 bridgehead atoms. The number of hydrogen-bond acceptors (Lipinski definition) is 2. The van der Waals surface area contributed by atoms with E-state index in [1.807, 2.05) is 0 Å². The van der Waals surface area contributed by atoms with E-state index in [4.69, 9.17) is 16.3 Å². The molecule has 134 valence electrons. The third-order valence-electron chi connectivity index (χ3n) is 4.01. The molecule has 3 nitrogen and oxygen atoms in total. The van der Waals surface area contributed by atoms with Gasteiger partial charge in [-0.05, 0) is 31.0 Å². The number of carbonyl (C=O) groups excluding carboxylic acids is 1. The van der Waals surface area contributed by atoms with Gasteiger partial charge in [0.1, 0.15) is 11.6 Å². The second-order valence-electron chi connectivity index (χ2n) is 5.78. The number of benzene rings is 1. The van der Waals surface area contributed by atoms with Crippen molar-refractivity contribution >= 4 is 17.5 Å². The number of amides is 1. The Bertz CT molecular complexity index is 580. The Labute approximate surface area is 142 Å². The highest BCUT2D eigenvalue weighted by atomic mass is 35.5. The molecule has 1 fully saturated rings. The number of carbonyl (C=O) groups is 1. The largest absolute Gasteiger partial charge is 0.491 e. The minimum absolute atomic E-state index is 0.0378. The van der Waals surface area contributed by atoms with Crippen molar-refractivity contribution in [1.29, 1.82) is 0 Å². The van der Waals surface area contributed by atoms with Crippen LogP contribution in [0, 0.1) is 11.7 Å².